The molecule has 0 aromatic rings. The maximum atomic E-state index is 5.44. The molecule has 2 fully saturated rings. The fourth-order valence-corrected chi connectivity index (χ4v) is 2.53. The summed E-state index contributed by atoms with van der Waals surface area (Å²) in [6.45, 7) is 9.20. The van der Waals surface area contributed by atoms with Gasteiger partial charge >= 0.3 is 0 Å². The fraction of sp³-hybridized carbons (Fsp3) is 1.00. The van der Waals surface area contributed by atoms with Gasteiger partial charge in [-0.05, 0) is 5.41 Å². The Labute approximate surface area is 80.4 Å². The Kier molecular flexibility index (Phi) is 2.34. The van der Waals surface area contributed by atoms with Crippen LogP contribution in [-0.4, -0.2) is 50.3 Å². The van der Waals surface area contributed by atoms with Crippen LogP contribution in [0.5, 0.6) is 0 Å². The number of methoxy groups -OCH3 is 1. The Bertz CT molecular complexity index is 185. The van der Waals surface area contributed by atoms with Gasteiger partial charge in [-0.1, -0.05) is 13.8 Å². The number of ether oxygens (including phenoxy) is 1. The van der Waals surface area contributed by atoms with Crippen LogP contribution in [0.15, 0.2) is 0 Å². The molecule has 3 nitrogen and oxygen atoms in total. The molecule has 1 unspecified atom stereocenters. The van der Waals surface area contributed by atoms with Crippen LogP contribution in [0.25, 0.3) is 0 Å². The van der Waals surface area contributed by atoms with Gasteiger partial charge in [-0.25, -0.2) is 0 Å². The van der Waals surface area contributed by atoms with Gasteiger partial charge in [-0.15, -0.1) is 0 Å². The summed E-state index contributed by atoms with van der Waals surface area (Å²) >= 11 is 0. The third kappa shape index (κ3) is 1.73. The van der Waals surface area contributed by atoms with Crippen molar-refractivity contribution in [3.8, 4) is 0 Å². The molecule has 2 aliphatic heterocycles. The van der Waals surface area contributed by atoms with Crippen molar-refractivity contribution in [2.45, 2.75) is 26.0 Å². The summed E-state index contributed by atoms with van der Waals surface area (Å²) in [6.07, 6.45) is 0.399. The first-order valence-corrected chi connectivity index (χ1v) is 5.10. The third-order valence-corrected chi connectivity index (χ3v) is 3.16. The van der Waals surface area contributed by atoms with Gasteiger partial charge < -0.3 is 10.1 Å². The van der Waals surface area contributed by atoms with Crippen molar-refractivity contribution in [2.75, 3.05) is 33.3 Å². The van der Waals surface area contributed by atoms with E-state index in [-0.39, 0.29) is 0 Å². The van der Waals surface area contributed by atoms with Crippen LogP contribution in [-0.2, 0) is 4.74 Å². The molecular weight excluding hydrogens is 164 g/mol. The number of hydrogen-bond acceptors (Lipinski definition) is 3. The maximum Gasteiger partial charge on any atom is 0.0862 e. The molecule has 2 saturated heterocycles. The van der Waals surface area contributed by atoms with Gasteiger partial charge in [0.25, 0.3) is 0 Å². The molecule has 0 aromatic heterocycles. The van der Waals surface area contributed by atoms with Crippen LogP contribution in [0, 0.1) is 5.41 Å². The molecule has 3 heteroatoms. The standard InChI is InChI=1S/C10H20N2O/c1-10(2)6-12(7-10)8-4-11-5-9(8)13-3/h8-9,11H,4-7H2,1-3H3/t8?,9-/m0/s1. The van der Waals surface area contributed by atoms with Crippen LogP contribution in [0.2, 0.25) is 0 Å². The molecule has 1 N–H and O–H groups in total. The molecular formula is C10H20N2O. The van der Waals surface area contributed by atoms with E-state index >= 15 is 0 Å². The maximum absolute atomic E-state index is 5.44. The molecule has 2 rings (SSSR count). The first-order chi connectivity index (χ1) is 6.12. The topological polar surface area (TPSA) is 24.5 Å². The van der Waals surface area contributed by atoms with Crippen molar-refractivity contribution in [2.24, 2.45) is 5.41 Å². The van der Waals surface area contributed by atoms with Crippen molar-refractivity contribution >= 4 is 0 Å². The molecule has 0 spiro atoms. The van der Waals surface area contributed by atoms with Crippen LogP contribution in [0.1, 0.15) is 13.8 Å². The zero-order valence-electron chi connectivity index (χ0n) is 8.84. The molecule has 0 radical (unpaired) electrons. The van der Waals surface area contributed by atoms with Crippen molar-refractivity contribution in [3.05, 3.63) is 0 Å². The van der Waals surface area contributed by atoms with Crippen molar-refractivity contribution < 1.29 is 4.74 Å². The SMILES string of the molecule is CO[C@H]1CNCC1N1CC(C)(C)C1. The first kappa shape index (κ1) is 9.44. The Morgan fingerprint density at radius 2 is 2.00 bits per heavy atom. The fourth-order valence-electron chi connectivity index (χ4n) is 2.53. The lowest BCUT2D eigenvalue weighted by Crippen LogP contribution is -2.60. The quantitative estimate of drug-likeness (QED) is 0.668. The van der Waals surface area contributed by atoms with Crippen molar-refractivity contribution in [3.63, 3.8) is 0 Å². The highest BCUT2D eigenvalue weighted by atomic mass is 16.5. The first-order valence-electron chi connectivity index (χ1n) is 5.10. The predicted octanol–water partition coefficient (Wildman–Crippen LogP) is 0.315. The van der Waals surface area contributed by atoms with E-state index in [9.17, 15) is 0 Å². The summed E-state index contributed by atoms with van der Waals surface area (Å²) in [5.74, 6) is 0. The van der Waals surface area contributed by atoms with Gasteiger partial charge in [-0.2, -0.15) is 0 Å². The summed E-state index contributed by atoms with van der Waals surface area (Å²) in [7, 11) is 1.82. The number of hydrogen-bond donors (Lipinski definition) is 1. The third-order valence-electron chi connectivity index (χ3n) is 3.16. The van der Waals surface area contributed by atoms with Crippen LogP contribution in [0.4, 0.5) is 0 Å². The highest BCUT2D eigenvalue weighted by Crippen LogP contribution is 2.32. The van der Waals surface area contributed by atoms with Crippen molar-refractivity contribution in [1.82, 2.24) is 10.2 Å². The van der Waals surface area contributed by atoms with Crippen LogP contribution < -0.4 is 5.32 Å². The zero-order chi connectivity index (χ0) is 9.47. The van der Waals surface area contributed by atoms with E-state index < -0.39 is 0 Å². The zero-order valence-corrected chi connectivity index (χ0v) is 8.84. The number of nitrogens with zero attached hydrogens (tertiary/aromatic N) is 1. The summed E-state index contributed by atoms with van der Waals surface area (Å²) in [6, 6.07) is 0.609. The van der Waals surface area contributed by atoms with E-state index in [0.29, 0.717) is 17.6 Å². The number of likely N-dealkylation sites (tertiary alicyclic amines) is 1. The molecule has 2 atom stereocenters. The molecule has 2 aliphatic rings. The van der Waals surface area contributed by atoms with Gasteiger partial charge in [0.1, 0.15) is 0 Å². The average Bonchev–Trinajstić information content (AvgIpc) is 2.46. The Balaban J connectivity index is 1.88. The summed E-state index contributed by atoms with van der Waals surface area (Å²) in [5, 5.41) is 3.38. The molecule has 13 heavy (non-hydrogen) atoms. The van der Waals surface area contributed by atoms with E-state index in [1.165, 1.54) is 13.1 Å². The second-order valence-electron chi connectivity index (χ2n) is 5.07. The highest BCUT2D eigenvalue weighted by molar-refractivity contribution is 4.98. The second kappa shape index (κ2) is 3.23. The van der Waals surface area contributed by atoms with Crippen LogP contribution >= 0.6 is 0 Å². The Morgan fingerprint density at radius 1 is 1.31 bits per heavy atom. The lowest BCUT2D eigenvalue weighted by Gasteiger charge is -2.49. The monoisotopic (exact) mass is 184 g/mol. The molecule has 76 valence electrons. The summed E-state index contributed by atoms with van der Waals surface area (Å²) in [4.78, 5) is 2.54. The molecule has 0 bridgehead atoms. The normalized spacial score (nSPS) is 39.0. The lowest BCUT2D eigenvalue weighted by atomic mass is 9.83. The highest BCUT2D eigenvalue weighted by Gasteiger charge is 2.42. The van der Waals surface area contributed by atoms with E-state index in [4.69, 9.17) is 4.74 Å². The van der Waals surface area contributed by atoms with E-state index in [0.717, 1.165) is 13.1 Å². The van der Waals surface area contributed by atoms with Gasteiger partial charge in [0.05, 0.1) is 6.10 Å². The van der Waals surface area contributed by atoms with Gasteiger partial charge in [0.15, 0.2) is 0 Å². The average molecular weight is 184 g/mol. The smallest absolute Gasteiger partial charge is 0.0862 e. The molecule has 2 heterocycles. The van der Waals surface area contributed by atoms with Crippen molar-refractivity contribution in [1.29, 1.82) is 0 Å². The van der Waals surface area contributed by atoms with Gasteiger partial charge in [-0.3, -0.25) is 4.90 Å². The molecule has 0 aromatic carbocycles. The number of rotatable bonds is 2. The molecule has 0 aliphatic carbocycles. The second-order valence-corrected chi connectivity index (χ2v) is 5.07. The van der Waals surface area contributed by atoms with Gasteiger partial charge in [0.2, 0.25) is 0 Å². The van der Waals surface area contributed by atoms with Crippen LogP contribution in [0.3, 0.4) is 0 Å². The van der Waals surface area contributed by atoms with E-state index in [1.807, 2.05) is 7.11 Å². The molecule has 0 saturated carbocycles. The summed E-state index contributed by atoms with van der Waals surface area (Å²) in [5.41, 5.74) is 0.529. The Hall–Kier alpha value is -0.120. The largest absolute Gasteiger partial charge is 0.378 e. The lowest BCUT2D eigenvalue weighted by molar-refractivity contribution is -0.0455. The summed E-state index contributed by atoms with van der Waals surface area (Å²) < 4.78 is 5.44. The number of nitrogens with one attached hydrogen (secondary N) is 1. The van der Waals surface area contributed by atoms with E-state index in [1.54, 1.807) is 0 Å². The van der Waals surface area contributed by atoms with Gasteiger partial charge in [0, 0.05) is 39.3 Å². The van der Waals surface area contributed by atoms with E-state index in [2.05, 4.69) is 24.1 Å². The minimum atomic E-state index is 0.399. The minimum absolute atomic E-state index is 0.399. The molecule has 0 amide bonds. The minimum Gasteiger partial charge on any atom is -0.378 e. The Morgan fingerprint density at radius 3 is 2.54 bits per heavy atom. The predicted molar refractivity (Wildman–Crippen MR) is 52.8 cm³/mol.